The van der Waals surface area contributed by atoms with Crippen molar-refractivity contribution >= 4 is 27.0 Å². The summed E-state index contributed by atoms with van der Waals surface area (Å²) >= 11 is 1.74. The van der Waals surface area contributed by atoms with Gasteiger partial charge in [-0.3, -0.25) is 0 Å². The Hall–Kier alpha value is -2.22. The number of hydrogen-bond donors (Lipinski definition) is 0. The van der Waals surface area contributed by atoms with Gasteiger partial charge >= 0.3 is 41.9 Å². The molecule has 0 nitrogen and oxygen atoms in total. The average molecular weight is 935 g/mol. The molecular formula is C56H72Cl2SiZr-2. The number of aryl methyl sites for hydroxylation is 2. The largest absolute Gasteiger partial charge is 1.00 e. The van der Waals surface area contributed by atoms with Crippen LogP contribution in [-0.2, 0) is 36.2 Å². The molecule has 320 valence electrons. The number of hydrogen-bond acceptors (Lipinski definition) is 0. The van der Waals surface area contributed by atoms with Gasteiger partial charge in [0, 0.05) is 0 Å². The summed E-state index contributed by atoms with van der Waals surface area (Å²) in [5.74, 6) is 3.07. The Kier molecular flexibility index (Phi) is 20.7. The predicted octanol–water partition coefficient (Wildman–Crippen LogP) is 11.1. The summed E-state index contributed by atoms with van der Waals surface area (Å²) in [6.45, 7) is 18.3. The van der Waals surface area contributed by atoms with Crippen LogP contribution < -0.4 is 24.8 Å². The molecule has 0 heterocycles. The Morgan fingerprint density at radius 3 is 1.20 bits per heavy atom. The van der Waals surface area contributed by atoms with Gasteiger partial charge in [-0.25, -0.2) is 0 Å². The molecule has 2 fully saturated rings. The predicted molar refractivity (Wildman–Crippen MR) is 255 cm³/mol. The third-order valence-corrected chi connectivity index (χ3v) is 13.6. The van der Waals surface area contributed by atoms with Gasteiger partial charge in [0.25, 0.3) is 0 Å². The summed E-state index contributed by atoms with van der Waals surface area (Å²) in [6, 6.07) is 37.7. The van der Waals surface area contributed by atoms with Gasteiger partial charge in [-0.1, -0.05) is 178 Å². The Morgan fingerprint density at radius 1 is 0.550 bits per heavy atom. The van der Waals surface area contributed by atoms with Crippen molar-refractivity contribution in [1.29, 1.82) is 0 Å². The first-order valence-corrected chi connectivity index (χ1v) is 29.3. The van der Waals surface area contributed by atoms with Gasteiger partial charge < -0.3 is 24.8 Å². The summed E-state index contributed by atoms with van der Waals surface area (Å²) in [6.07, 6.45) is 19.2. The normalized spacial score (nSPS) is 15.5. The molecule has 0 amide bonds. The van der Waals surface area contributed by atoms with Crippen LogP contribution >= 0.6 is 0 Å². The molecular weight excluding hydrogens is 863 g/mol. The molecule has 6 aromatic rings. The molecule has 0 spiro atoms. The summed E-state index contributed by atoms with van der Waals surface area (Å²) < 4.78 is 0. The Labute approximate surface area is 393 Å². The van der Waals surface area contributed by atoms with Crippen LogP contribution in [0.4, 0.5) is 0 Å². The van der Waals surface area contributed by atoms with Crippen molar-refractivity contribution in [2.75, 3.05) is 0 Å². The molecule has 4 heteroatoms. The van der Waals surface area contributed by atoms with Gasteiger partial charge in [0.2, 0.25) is 0 Å². The SMILES string of the molecule is CCC(C)c1ccc(-c2ccc(C)c3[cH-]c(CC4CCCCC4)cc23)cc1.CCC(C)c1ccc(-c2ccc(C)c3[cH-]c(CC4CCCCC4)cc23)cc1.C[Si](C)=[Zr+2].[Cl-].[Cl-]. The second-order valence-corrected chi connectivity index (χ2v) is 27.9. The summed E-state index contributed by atoms with van der Waals surface area (Å²) in [5.41, 5.74) is 14.5. The summed E-state index contributed by atoms with van der Waals surface area (Å²) in [4.78, 5) is 0. The van der Waals surface area contributed by atoms with E-state index in [9.17, 15) is 0 Å². The van der Waals surface area contributed by atoms with E-state index in [0.29, 0.717) is 11.8 Å². The molecule has 0 N–H and O–H groups in total. The summed E-state index contributed by atoms with van der Waals surface area (Å²) in [5, 5.41) is 5.78. The second-order valence-electron chi connectivity index (χ2n) is 18.5. The van der Waals surface area contributed by atoms with Gasteiger partial charge in [-0.2, -0.15) is 12.1 Å². The first-order chi connectivity index (χ1) is 28.0. The van der Waals surface area contributed by atoms with Gasteiger partial charge in [0.15, 0.2) is 0 Å². The van der Waals surface area contributed by atoms with Gasteiger partial charge in [0.05, 0.1) is 0 Å². The molecule has 8 rings (SSSR count). The second kappa shape index (κ2) is 24.6. The van der Waals surface area contributed by atoms with Crippen molar-refractivity contribution in [3.8, 4) is 22.3 Å². The van der Waals surface area contributed by atoms with Crippen molar-refractivity contribution in [3.05, 3.63) is 130 Å². The molecule has 2 aliphatic carbocycles. The van der Waals surface area contributed by atoms with E-state index in [0.717, 1.165) is 11.8 Å². The fraction of sp³-hybridized carbons (Fsp3) is 0.464. The zero-order valence-electron chi connectivity index (χ0n) is 38.2. The van der Waals surface area contributed by atoms with E-state index < -0.39 is 0 Å². The Balaban J connectivity index is 0.000000236. The number of halogens is 2. The molecule has 0 saturated heterocycles. The maximum Gasteiger partial charge on any atom is -1.00 e. The van der Waals surface area contributed by atoms with E-state index in [4.69, 9.17) is 0 Å². The minimum absolute atomic E-state index is 0. The van der Waals surface area contributed by atoms with Crippen LogP contribution in [-0.4, -0.2) is 5.43 Å². The van der Waals surface area contributed by atoms with Gasteiger partial charge in [0.1, 0.15) is 0 Å². The Bertz CT molecular complexity index is 2050. The molecule has 0 aromatic heterocycles. The standard InChI is InChI=1S/2C27H33.C2H6Si.2ClH.Zr/c2*1-4-19(2)23-11-13-24(14-12-23)25-15-10-20(3)26-17-22(18-27(25)26)16-21-8-6-5-7-9-21;1-3-2;;;/h2*10-15,17-19,21H,4-9,16H2,1-3H3;1-2H3;2*1H;/q2*-1;;;;+2/p-2. The molecule has 2 atom stereocenters. The third-order valence-electron chi connectivity index (χ3n) is 13.6. The average Bonchev–Trinajstić information content (AvgIpc) is 3.87. The smallest absolute Gasteiger partial charge is 1.00 e. The maximum absolute atomic E-state index is 2.48. The molecule has 2 unspecified atom stereocenters. The Morgan fingerprint density at radius 2 is 0.883 bits per heavy atom. The first kappa shape index (κ1) is 50.4. The van der Waals surface area contributed by atoms with E-state index in [1.54, 1.807) is 34.5 Å². The molecule has 0 aliphatic heterocycles. The zero-order valence-corrected chi connectivity index (χ0v) is 43.2. The fourth-order valence-corrected chi connectivity index (χ4v) is 9.65. The van der Waals surface area contributed by atoms with Crippen LogP contribution in [0.1, 0.15) is 150 Å². The minimum Gasteiger partial charge on any atom is -1.00 e. The number of benzene rings is 4. The van der Waals surface area contributed by atoms with E-state index in [2.05, 4.69) is 152 Å². The van der Waals surface area contributed by atoms with E-state index in [-0.39, 0.29) is 30.2 Å². The van der Waals surface area contributed by atoms with Crippen molar-refractivity contribution in [2.24, 2.45) is 11.8 Å². The minimum atomic E-state index is 0. The van der Waals surface area contributed by atoms with Crippen LogP contribution in [0.15, 0.2) is 97.1 Å². The molecule has 2 saturated carbocycles. The van der Waals surface area contributed by atoms with Crippen LogP contribution in [0.3, 0.4) is 0 Å². The monoisotopic (exact) mass is 932 g/mol. The van der Waals surface area contributed by atoms with E-state index >= 15 is 0 Å². The zero-order chi connectivity index (χ0) is 41.2. The third kappa shape index (κ3) is 13.4. The molecule has 6 aromatic carbocycles. The fourth-order valence-electron chi connectivity index (χ4n) is 9.65. The topological polar surface area (TPSA) is 0 Å². The van der Waals surface area contributed by atoms with Crippen LogP contribution in [0, 0.1) is 25.7 Å². The first-order valence-electron chi connectivity index (χ1n) is 23.1. The molecule has 60 heavy (non-hydrogen) atoms. The quantitative estimate of drug-likeness (QED) is 0.0948. The molecule has 2 aliphatic rings. The number of rotatable bonds is 10. The molecule has 0 bridgehead atoms. The van der Waals surface area contributed by atoms with E-state index in [1.165, 1.54) is 156 Å². The van der Waals surface area contributed by atoms with Crippen LogP contribution in [0.2, 0.25) is 13.1 Å². The van der Waals surface area contributed by atoms with Crippen molar-refractivity contribution < 1.29 is 48.1 Å². The maximum atomic E-state index is 2.48. The van der Waals surface area contributed by atoms with Crippen LogP contribution in [0.5, 0.6) is 0 Å². The van der Waals surface area contributed by atoms with Gasteiger partial charge in [-0.05, 0) is 71.6 Å². The van der Waals surface area contributed by atoms with E-state index in [1.807, 2.05) is 0 Å². The van der Waals surface area contributed by atoms with Crippen molar-refractivity contribution in [2.45, 2.75) is 156 Å². The van der Waals surface area contributed by atoms with Crippen molar-refractivity contribution in [3.63, 3.8) is 0 Å². The molecule has 0 radical (unpaired) electrons. The van der Waals surface area contributed by atoms with Crippen LogP contribution in [0.25, 0.3) is 43.8 Å². The summed E-state index contributed by atoms with van der Waals surface area (Å²) in [7, 11) is 0. The number of fused-ring (bicyclic) bond motifs is 2. The van der Waals surface area contributed by atoms with Gasteiger partial charge in [-0.15, -0.1) is 68.1 Å². The van der Waals surface area contributed by atoms with Crippen molar-refractivity contribution in [1.82, 2.24) is 0 Å².